The molecule has 5 nitrogen and oxygen atoms in total. The zero-order valence-electron chi connectivity index (χ0n) is 13.1. The summed E-state index contributed by atoms with van der Waals surface area (Å²) >= 11 is 0. The van der Waals surface area contributed by atoms with Gasteiger partial charge < -0.3 is 14.0 Å². The van der Waals surface area contributed by atoms with Crippen LogP contribution in [0, 0.1) is 0 Å². The Morgan fingerprint density at radius 2 is 1.75 bits per heavy atom. The van der Waals surface area contributed by atoms with Gasteiger partial charge in [0.05, 0.1) is 0 Å². The van der Waals surface area contributed by atoms with E-state index in [1.54, 1.807) is 10.8 Å². The molecule has 0 bridgehead atoms. The van der Waals surface area contributed by atoms with Crippen molar-refractivity contribution in [3.8, 4) is 5.75 Å². The molecule has 122 valence electrons. The van der Waals surface area contributed by atoms with Gasteiger partial charge in [-0.05, 0) is 18.2 Å². The van der Waals surface area contributed by atoms with Crippen LogP contribution >= 0.6 is 0 Å². The van der Waals surface area contributed by atoms with Crippen LogP contribution < -0.4 is 4.74 Å². The summed E-state index contributed by atoms with van der Waals surface area (Å²) in [5.41, 5.74) is 1.39. The minimum Gasteiger partial charge on any atom is -0.490 e. The Morgan fingerprint density at radius 3 is 2.54 bits per heavy atom. The lowest BCUT2D eigenvalue weighted by molar-refractivity contribution is -0.145. The third kappa shape index (κ3) is 3.63. The number of carbonyl (C=O) groups is 2. The van der Waals surface area contributed by atoms with E-state index in [1.165, 1.54) is 0 Å². The van der Waals surface area contributed by atoms with Crippen molar-refractivity contribution in [2.24, 2.45) is 0 Å². The molecule has 0 radical (unpaired) electrons. The molecule has 0 aliphatic rings. The number of aldehydes is 1. The normalized spacial score (nSPS) is 10.5. The second kappa shape index (κ2) is 7.46. The van der Waals surface area contributed by atoms with Crippen LogP contribution in [-0.4, -0.2) is 30.0 Å². The second-order valence-corrected chi connectivity index (χ2v) is 5.23. The van der Waals surface area contributed by atoms with Crippen molar-refractivity contribution in [3.05, 3.63) is 66.4 Å². The lowest BCUT2D eigenvalue weighted by atomic mass is 10.2. The summed E-state index contributed by atoms with van der Waals surface area (Å²) in [6.07, 6.45) is 2.46. The topological polar surface area (TPSA) is 57.5 Å². The highest BCUT2D eigenvalue weighted by Crippen LogP contribution is 2.19. The molecule has 3 rings (SSSR count). The molecule has 0 spiro atoms. The molecule has 0 aliphatic heterocycles. The van der Waals surface area contributed by atoms with Crippen molar-refractivity contribution in [2.45, 2.75) is 6.54 Å². The summed E-state index contributed by atoms with van der Waals surface area (Å²) in [6.45, 7) is 0.523. The highest BCUT2D eigenvalue weighted by Gasteiger charge is 2.11. The first-order valence-electron chi connectivity index (χ1n) is 7.64. The molecule has 2 aromatic carbocycles. The number of aromatic nitrogens is 1. The lowest BCUT2D eigenvalue weighted by Crippen LogP contribution is -2.16. The van der Waals surface area contributed by atoms with Crippen LogP contribution in [0.25, 0.3) is 10.9 Å². The molecule has 0 saturated carbocycles. The van der Waals surface area contributed by atoms with Crippen molar-refractivity contribution in [1.29, 1.82) is 0 Å². The molecule has 5 heteroatoms. The molecule has 0 saturated heterocycles. The molecule has 0 amide bonds. The second-order valence-electron chi connectivity index (χ2n) is 5.23. The lowest BCUT2D eigenvalue weighted by Gasteiger charge is -2.08. The van der Waals surface area contributed by atoms with Crippen molar-refractivity contribution in [3.63, 3.8) is 0 Å². The maximum absolute atomic E-state index is 12.0. The first kappa shape index (κ1) is 15.8. The summed E-state index contributed by atoms with van der Waals surface area (Å²) in [5.74, 6) is 0.366. The number of para-hydroxylation sites is 2. The SMILES string of the molecule is O=Cc1cn(CC(=O)OCCOc2ccccc2)c2ccccc12. The van der Waals surface area contributed by atoms with E-state index in [0.717, 1.165) is 22.9 Å². The van der Waals surface area contributed by atoms with E-state index < -0.39 is 0 Å². The predicted molar refractivity (Wildman–Crippen MR) is 90.2 cm³/mol. The Labute approximate surface area is 139 Å². The Morgan fingerprint density at radius 1 is 1.00 bits per heavy atom. The average molecular weight is 323 g/mol. The van der Waals surface area contributed by atoms with E-state index in [4.69, 9.17) is 9.47 Å². The standard InChI is InChI=1S/C19H17NO4/c21-14-15-12-20(18-9-5-4-8-17(15)18)13-19(22)24-11-10-23-16-6-2-1-3-7-16/h1-9,12,14H,10-11,13H2. The van der Waals surface area contributed by atoms with E-state index in [-0.39, 0.29) is 19.1 Å². The number of ether oxygens (including phenoxy) is 2. The van der Waals surface area contributed by atoms with Crippen molar-refractivity contribution >= 4 is 23.2 Å². The number of benzene rings is 2. The van der Waals surface area contributed by atoms with E-state index in [2.05, 4.69) is 0 Å². The molecule has 0 fully saturated rings. The number of hydrogen-bond acceptors (Lipinski definition) is 4. The van der Waals surface area contributed by atoms with E-state index in [0.29, 0.717) is 12.2 Å². The molecular weight excluding hydrogens is 306 g/mol. The Hall–Kier alpha value is -3.08. The van der Waals surface area contributed by atoms with Gasteiger partial charge in [-0.25, -0.2) is 0 Å². The first-order valence-corrected chi connectivity index (χ1v) is 7.64. The minimum atomic E-state index is -0.370. The summed E-state index contributed by atoms with van der Waals surface area (Å²) in [6, 6.07) is 16.8. The molecule has 1 aromatic heterocycles. The number of nitrogens with zero attached hydrogens (tertiary/aromatic N) is 1. The van der Waals surface area contributed by atoms with Gasteiger partial charge in [0.15, 0.2) is 6.29 Å². The fraction of sp³-hybridized carbons (Fsp3) is 0.158. The van der Waals surface area contributed by atoms with Crippen LogP contribution in [0.3, 0.4) is 0 Å². The third-order valence-corrected chi connectivity index (χ3v) is 3.60. The number of esters is 1. The van der Waals surface area contributed by atoms with Crippen molar-refractivity contribution in [2.75, 3.05) is 13.2 Å². The van der Waals surface area contributed by atoms with Gasteiger partial charge in [-0.15, -0.1) is 0 Å². The molecule has 1 heterocycles. The summed E-state index contributed by atoms with van der Waals surface area (Å²) in [7, 11) is 0. The Kier molecular flexibility index (Phi) is 4.91. The zero-order chi connectivity index (χ0) is 16.8. The molecule has 0 aliphatic carbocycles. The van der Waals surface area contributed by atoms with Gasteiger partial charge in [-0.3, -0.25) is 9.59 Å². The fourth-order valence-electron chi connectivity index (χ4n) is 2.52. The third-order valence-electron chi connectivity index (χ3n) is 3.60. The quantitative estimate of drug-likeness (QED) is 0.381. The number of rotatable bonds is 7. The van der Waals surface area contributed by atoms with Gasteiger partial charge in [0.25, 0.3) is 0 Å². The number of carbonyl (C=O) groups excluding carboxylic acids is 2. The number of fused-ring (bicyclic) bond motifs is 1. The van der Waals surface area contributed by atoms with E-state index in [1.807, 2.05) is 54.6 Å². The van der Waals surface area contributed by atoms with Gasteiger partial charge in [-0.1, -0.05) is 36.4 Å². The van der Waals surface area contributed by atoms with E-state index >= 15 is 0 Å². The highest BCUT2D eigenvalue weighted by molar-refractivity contribution is 5.98. The molecule has 3 aromatic rings. The van der Waals surface area contributed by atoms with Gasteiger partial charge in [-0.2, -0.15) is 0 Å². The average Bonchev–Trinajstić information content (AvgIpc) is 2.97. The Balaban J connectivity index is 1.54. The fourth-order valence-corrected chi connectivity index (χ4v) is 2.52. The van der Waals surface area contributed by atoms with Crippen LogP contribution in [0.2, 0.25) is 0 Å². The summed E-state index contributed by atoms with van der Waals surface area (Å²) < 4.78 is 12.4. The zero-order valence-corrected chi connectivity index (χ0v) is 13.1. The van der Waals surface area contributed by atoms with Gasteiger partial charge >= 0.3 is 5.97 Å². The van der Waals surface area contributed by atoms with Gasteiger partial charge in [0, 0.05) is 22.7 Å². The predicted octanol–water partition coefficient (Wildman–Crippen LogP) is 3.08. The maximum Gasteiger partial charge on any atom is 0.326 e. The highest BCUT2D eigenvalue weighted by atomic mass is 16.6. The van der Waals surface area contributed by atoms with Crippen LogP contribution in [0.4, 0.5) is 0 Å². The summed E-state index contributed by atoms with van der Waals surface area (Å²) in [4.78, 5) is 23.1. The van der Waals surface area contributed by atoms with Gasteiger partial charge in [0.1, 0.15) is 25.5 Å². The monoisotopic (exact) mass is 323 g/mol. The summed E-state index contributed by atoms with van der Waals surface area (Å²) in [5, 5.41) is 0.827. The minimum absolute atomic E-state index is 0.0552. The van der Waals surface area contributed by atoms with Crippen LogP contribution in [0.5, 0.6) is 5.75 Å². The van der Waals surface area contributed by atoms with E-state index in [9.17, 15) is 9.59 Å². The van der Waals surface area contributed by atoms with Crippen molar-refractivity contribution in [1.82, 2.24) is 4.57 Å². The molecular formula is C19H17NO4. The smallest absolute Gasteiger partial charge is 0.326 e. The molecule has 0 unspecified atom stereocenters. The van der Waals surface area contributed by atoms with Gasteiger partial charge in [0.2, 0.25) is 0 Å². The molecule has 0 atom stereocenters. The first-order chi connectivity index (χ1) is 11.8. The van der Waals surface area contributed by atoms with Crippen molar-refractivity contribution < 1.29 is 19.1 Å². The molecule has 0 N–H and O–H groups in total. The van der Waals surface area contributed by atoms with Crippen LogP contribution in [0.1, 0.15) is 10.4 Å². The maximum atomic E-state index is 12.0. The van der Waals surface area contributed by atoms with Crippen LogP contribution in [0.15, 0.2) is 60.8 Å². The van der Waals surface area contributed by atoms with Crippen LogP contribution in [-0.2, 0) is 16.1 Å². The molecule has 24 heavy (non-hydrogen) atoms. The number of hydrogen-bond donors (Lipinski definition) is 0. The largest absolute Gasteiger partial charge is 0.490 e. The Bertz CT molecular complexity index is 839.